The molecule has 0 atom stereocenters. The Kier molecular flexibility index (Phi) is 1.83. The molecule has 1 heterocycles. The van der Waals surface area contributed by atoms with Gasteiger partial charge in [0.15, 0.2) is 0 Å². The zero-order chi connectivity index (χ0) is 10.3. The van der Waals surface area contributed by atoms with Gasteiger partial charge in [0, 0.05) is 5.56 Å². The van der Waals surface area contributed by atoms with Crippen LogP contribution < -0.4 is 0 Å². The first-order valence-corrected chi connectivity index (χ1v) is 4.14. The normalized spacial score (nSPS) is 13.3. The Morgan fingerprint density at radius 2 is 2.36 bits per heavy atom. The predicted octanol–water partition coefficient (Wildman–Crippen LogP) is 1.59. The molecule has 1 N–H and O–H groups in total. The molecule has 0 unspecified atom stereocenters. The third-order valence-electron chi connectivity index (χ3n) is 2.03. The second kappa shape index (κ2) is 2.89. The highest BCUT2D eigenvalue weighted by Gasteiger charge is 2.27. The lowest BCUT2D eigenvalue weighted by Crippen LogP contribution is -1.94. The highest BCUT2D eigenvalue weighted by molar-refractivity contribution is 6.33. The van der Waals surface area contributed by atoms with Gasteiger partial charge in [-0.15, -0.1) is 0 Å². The summed E-state index contributed by atoms with van der Waals surface area (Å²) in [5.74, 6) is -0.822. The smallest absolute Gasteiger partial charge is 0.339 e. The van der Waals surface area contributed by atoms with Crippen molar-refractivity contribution in [2.75, 3.05) is 0 Å². The van der Waals surface area contributed by atoms with Crippen LogP contribution in [0.25, 0.3) is 0 Å². The Morgan fingerprint density at radius 3 is 3.00 bits per heavy atom. The van der Waals surface area contributed by atoms with Crippen LogP contribution in [0.5, 0.6) is 5.75 Å². The number of hydrogen-bond donors (Lipinski definition) is 1. The van der Waals surface area contributed by atoms with Gasteiger partial charge in [-0.3, -0.25) is 0 Å². The quantitative estimate of drug-likeness (QED) is 0.659. The van der Waals surface area contributed by atoms with Gasteiger partial charge in [0.2, 0.25) is 0 Å². The number of nitriles is 1. The zero-order valence-corrected chi connectivity index (χ0v) is 7.63. The molecule has 0 saturated heterocycles. The van der Waals surface area contributed by atoms with Crippen molar-refractivity contribution in [2.45, 2.75) is 6.61 Å². The largest absolute Gasteiger partial charge is 0.506 e. The van der Waals surface area contributed by atoms with Crippen LogP contribution in [-0.4, -0.2) is 11.1 Å². The molecule has 5 heteroatoms. The number of rotatable bonds is 0. The van der Waals surface area contributed by atoms with E-state index in [1.165, 1.54) is 6.07 Å². The van der Waals surface area contributed by atoms with Gasteiger partial charge in [0.1, 0.15) is 24.0 Å². The fourth-order valence-electron chi connectivity index (χ4n) is 1.32. The average Bonchev–Trinajstić information content (AvgIpc) is 2.49. The third kappa shape index (κ3) is 1.03. The van der Waals surface area contributed by atoms with E-state index in [1.807, 2.05) is 0 Å². The Hall–Kier alpha value is -1.73. The lowest BCUT2D eigenvalue weighted by molar-refractivity contribution is 0.0535. The summed E-state index contributed by atoms with van der Waals surface area (Å²) in [7, 11) is 0. The fraction of sp³-hybridized carbons (Fsp3) is 0.111. The Morgan fingerprint density at radius 1 is 1.64 bits per heavy atom. The van der Waals surface area contributed by atoms with Crippen molar-refractivity contribution in [1.82, 2.24) is 0 Å². The van der Waals surface area contributed by atoms with Crippen molar-refractivity contribution in [3.05, 3.63) is 27.8 Å². The van der Waals surface area contributed by atoms with E-state index in [1.54, 1.807) is 6.07 Å². The van der Waals surface area contributed by atoms with Gasteiger partial charge in [0.25, 0.3) is 0 Å². The predicted molar refractivity (Wildman–Crippen MR) is 47.0 cm³/mol. The highest BCUT2D eigenvalue weighted by Crippen LogP contribution is 2.35. The molecule has 0 fully saturated rings. The van der Waals surface area contributed by atoms with Crippen molar-refractivity contribution in [3.8, 4) is 11.8 Å². The van der Waals surface area contributed by atoms with Crippen molar-refractivity contribution < 1.29 is 14.6 Å². The maximum Gasteiger partial charge on any atom is 0.339 e. The van der Waals surface area contributed by atoms with Gasteiger partial charge in [-0.2, -0.15) is 5.26 Å². The first-order chi connectivity index (χ1) is 6.65. The molecule has 0 saturated carbocycles. The molecule has 70 valence electrons. The summed E-state index contributed by atoms with van der Waals surface area (Å²) in [6.07, 6.45) is 0. The van der Waals surface area contributed by atoms with Crippen molar-refractivity contribution >= 4 is 17.6 Å². The third-order valence-corrected chi connectivity index (χ3v) is 2.44. The van der Waals surface area contributed by atoms with Gasteiger partial charge in [-0.05, 0) is 6.07 Å². The number of aromatic hydroxyl groups is 1. The van der Waals surface area contributed by atoms with E-state index in [2.05, 4.69) is 0 Å². The molecule has 2 rings (SSSR count). The molecule has 1 aliphatic rings. The molecule has 0 bridgehead atoms. The average molecular weight is 210 g/mol. The summed E-state index contributed by atoms with van der Waals surface area (Å²) < 4.78 is 4.71. The minimum atomic E-state index is -0.526. The van der Waals surface area contributed by atoms with E-state index >= 15 is 0 Å². The first kappa shape index (κ1) is 8.85. The number of hydrogen-bond acceptors (Lipinski definition) is 4. The van der Waals surface area contributed by atoms with E-state index in [-0.39, 0.29) is 28.5 Å². The topological polar surface area (TPSA) is 70.3 Å². The van der Waals surface area contributed by atoms with Crippen LogP contribution in [0.4, 0.5) is 0 Å². The van der Waals surface area contributed by atoms with E-state index in [9.17, 15) is 9.90 Å². The standard InChI is InChI=1S/C9H4ClNO3/c10-8-5(2-11)7(12)1-4-6(8)3-14-9(4)13/h1,12H,3H2. The Bertz CT molecular complexity index is 476. The molecule has 1 aromatic rings. The van der Waals surface area contributed by atoms with Crippen molar-refractivity contribution in [3.63, 3.8) is 0 Å². The number of benzene rings is 1. The molecule has 0 radical (unpaired) electrons. The van der Waals surface area contributed by atoms with Crippen LogP contribution in [0.2, 0.25) is 5.02 Å². The summed E-state index contributed by atoms with van der Waals surface area (Å²) in [4.78, 5) is 11.1. The van der Waals surface area contributed by atoms with Crippen molar-refractivity contribution in [2.24, 2.45) is 0 Å². The number of ether oxygens (including phenoxy) is 1. The number of nitrogens with zero attached hydrogens (tertiary/aromatic N) is 1. The second-order valence-electron chi connectivity index (χ2n) is 2.80. The van der Waals surface area contributed by atoms with E-state index in [4.69, 9.17) is 21.6 Å². The minimum Gasteiger partial charge on any atom is -0.506 e. The highest BCUT2D eigenvalue weighted by atomic mass is 35.5. The number of halogens is 1. The molecule has 0 aliphatic carbocycles. The van der Waals surface area contributed by atoms with Crippen LogP contribution in [0.1, 0.15) is 21.5 Å². The summed E-state index contributed by atoms with van der Waals surface area (Å²) >= 11 is 5.81. The van der Waals surface area contributed by atoms with Crippen LogP contribution in [-0.2, 0) is 11.3 Å². The van der Waals surface area contributed by atoms with Crippen LogP contribution in [0.15, 0.2) is 6.07 Å². The number of cyclic esters (lactones) is 1. The van der Waals surface area contributed by atoms with Crippen LogP contribution in [0.3, 0.4) is 0 Å². The fourth-order valence-corrected chi connectivity index (χ4v) is 1.62. The maximum atomic E-state index is 11.1. The molecular formula is C9H4ClNO3. The van der Waals surface area contributed by atoms with Gasteiger partial charge < -0.3 is 9.84 Å². The number of phenolic OH excluding ortho intramolecular Hbond substituents is 1. The maximum absolute atomic E-state index is 11.1. The monoisotopic (exact) mass is 209 g/mol. The lowest BCUT2D eigenvalue weighted by Gasteiger charge is -2.02. The SMILES string of the molecule is N#Cc1c(O)cc2c(c1Cl)COC2=O. The van der Waals surface area contributed by atoms with Crippen LogP contribution in [0, 0.1) is 11.3 Å². The van der Waals surface area contributed by atoms with Gasteiger partial charge in [-0.25, -0.2) is 4.79 Å². The molecule has 1 aromatic carbocycles. The lowest BCUT2D eigenvalue weighted by atomic mass is 10.1. The number of carbonyl (C=O) groups is 1. The van der Waals surface area contributed by atoms with E-state index in [0.29, 0.717) is 5.56 Å². The minimum absolute atomic E-state index is 0.0243. The van der Waals surface area contributed by atoms with Crippen LogP contribution >= 0.6 is 11.6 Å². The summed E-state index contributed by atoms with van der Waals surface area (Å²) in [6, 6.07) is 2.96. The number of esters is 1. The summed E-state index contributed by atoms with van der Waals surface area (Å²) in [6.45, 7) is 0.0575. The molecular weight excluding hydrogens is 206 g/mol. The zero-order valence-electron chi connectivity index (χ0n) is 6.87. The number of phenols is 1. The Labute approximate surface area is 84.3 Å². The Balaban J connectivity index is 2.77. The van der Waals surface area contributed by atoms with Gasteiger partial charge in [0.05, 0.1) is 10.6 Å². The molecule has 0 amide bonds. The van der Waals surface area contributed by atoms with Crippen molar-refractivity contribution in [1.29, 1.82) is 5.26 Å². The molecule has 1 aliphatic heterocycles. The van der Waals surface area contributed by atoms with E-state index < -0.39 is 5.97 Å². The molecule has 14 heavy (non-hydrogen) atoms. The number of fused-ring (bicyclic) bond motifs is 1. The summed E-state index contributed by atoms with van der Waals surface area (Å²) in [5.41, 5.74) is 0.668. The molecule has 4 nitrogen and oxygen atoms in total. The van der Waals surface area contributed by atoms with Gasteiger partial charge >= 0.3 is 5.97 Å². The summed E-state index contributed by atoms with van der Waals surface area (Å²) in [5, 5.41) is 18.1. The second-order valence-corrected chi connectivity index (χ2v) is 3.18. The number of carbonyl (C=O) groups excluding carboxylic acids is 1. The van der Waals surface area contributed by atoms with E-state index in [0.717, 1.165) is 0 Å². The first-order valence-electron chi connectivity index (χ1n) is 3.76. The molecule has 0 aromatic heterocycles. The van der Waals surface area contributed by atoms with Gasteiger partial charge in [-0.1, -0.05) is 11.6 Å². The molecule has 0 spiro atoms.